The number of nitrogens with two attached hydrogens (primary N) is 1. The third-order valence-electron chi connectivity index (χ3n) is 2.82. The van der Waals surface area contributed by atoms with Crippen LogP contribution in [0.3, 0.4) is 0 Å². The van der Waals surface area contributed by atoms with E-state index in [1.54, 1.807) is 22.7 Å². The minimum absolute atomic E-state index is 0.0610. The van der Waals surface area contributed by atoms with E-state index in [1.807, 2.05) is 0 Å². The molecule has 0 aliphatic heterocycles. The van der Waals surface area contributed by atoms with Crippen molar-refractivity contribution >= 4 is 38.6 Å². The first-order chi connectivity index (χ1) is 7.58. The molecule has 2 aromatic rings. The van der Waals surface area contributed by atoms with Gasteiger partial charge in [0.15, 0.2) is 0 Å². The Bertz CT molecular complexity index is 540. The Morgan fingerprint density at radius 3 is 2.69 bits per heavy atom. The Labute approximate surface area is 111 Å². The van der Waals surface area contributed by atoms with Gasteiger partial charge in [-0.3, -0.25) is 0 Å². The maximum atomic E-state index is 6.23. The van der Waals surface area contributed by atoms with Crippen LogP contribution in [0, 0.1) is 6.92 Å². The van der Waals surface area contributed by atoms with E-state index in [4.69, 9.17) is 5.73 Å². The number of aromatic nitrogens is 1. The maximum absolute atomic E-state index is 6.23. The topological polar surface area (TPSA) is 38.9 Å². The third-order valence-corrected chi connectivity index (χ3v) is 5.99. The Balaban J connectivity index is 2.04. The first-order valence-corrected chi connectivity index (χ1v) is 7.54. The molecule has 0 bridgehead atoms. The Morgan fingerprint density at radius 2 is 2.12 bits per heavy atom. The summed E-state index contributed by atoms with van der Waals surface area (Å²) < 4.78 is 1.14. The molecule has 3 rings (SSSR count). The predicted octanol–water partition coefficient (Wildman–Crippen LogP) is 3.89. The molecule has 0 aromatic carbocycles. The van der Waals surface area contributed by atoms with E-state index >= 15 is 0 Å². The molecule has 1 aliphatic rings. The summed E-state index contributed by atoms with van der Waals surface area (Å²) in [6.45, 7) is 2.06. The number of hydrogen-bond donors (Lipinski definition) is 1. The van der Waals surface area contributed by atoms with E-state index in [0.717, 1.165) is 27.3 Å². The van der Waals surface area contributed by atoms with Crippen molar-refractivity contribution in [2.45, 2.75) is 25.3 Å². The lowest BCUT2D eigenvalue weighted by Gasteiger charge is -2.04. The first kappa shape index (κ1) is 10.9. The lowest BCUT2D eigenvalue weighted by molar-refractivity contribution is 0.748. The van der Waals surface area contributed by atoms with Gasteiger partial charge in [0.05, 0.1) is 19.9 Å². The SMILES string of the molecule is Cc1nc(-c2ccc(Br)s2)sc1C1(N)CC1. The molecule has 2 aromatic heterocycles. The lowest BCUT2D eigenvalue weighted by Crippen LogP contribution is -2.18. The van der Waals surface area contributed by atoms with Gasteiger partial charge in [0.1, 0.15) is 5.01 Å². The van der Waals surface area contributed by atoms with E-state index in [9.17, 15) is 0 Å². The Kier molecular flexibility index (Phi) is 2.47. The highest BCUT2D eigenvalue weighted by Gasteiger charge is 2.43. The fraction of sp³-hybridized carbons (Fsp3) is 0.364. The second-order valence-electron chi connectivity index (χ2n) is 4.19. The number of nitrogens with zero attached hydrogens (tertiary/aromatic N) is 1. The largest absolute Gasteiger partial charge is 0.321 e. The van der Waals surface area contributed by atoms with Gasteiger partial charge in [-0.15, -0.1) is 22.7 Å². The van der Waals surface area contributed by atoms with Gasteiger partial charge in [-0.2, -0.15) is 0 Å². The number of hydrogen-bond acceptors (Lipinski definition) is 4. The van der Waals surface area contributed by atoms with Crippen molar-refractivity contribution in [1.82, 2.24) is 4.98 Å². The van der Waals surface area contributed by atoms with Gasteiger partial charge >= 0.3 is 0 Å². The zero-order valence-corrected chi connectivity index (χ0v) is 12.0. The summed E-state index contributed by atoms with van der Waals surface area (Å²) in [5.41, 5.74) is 7.27. The van der Waals surface area contributed by atoms with Crippen molar-refractivity contribution in [1.29, 1.82) is 0 Å². The molecule has 0 atom stereocenters. The van der Waals surface area contributed by atoms with E-state index in [1.165, 1.54) is 9.75 Å². The number of aryl methyl sites for hydroxylation is 1. The van der Waals surface area contributed by atoms with Crippen LogP contribution in [-0.2, 0) is 5.54 Å². The highest BCUT2D eigenvalue weighted by atomic mass is 79.9. The molecule has 5 heteroatoms. The molecule has 1 saturated carbocycles. The average Bonchev–Trinajstić information content (AvgIpc) is 2.68. The lowest BCUT2D eigenvalue weighted by atomic mass is 10.2. The van der Waals surface area contributed by atoms with Crippen LogP contribution in [0.1, 0.15) is 23.4 Å². The summed E-state index contributed by atoms with van der Waals surface area (Å²) in [4.78, 5) is 7.12. The molecule has 0 saturated heterocycles. The van der Waals surface area contributed by atoms with Gasteiger partial charge in [-0.1, -0.05) is 0 Å². The summed E-state index contributed by atoms with van der Waals surface area (Å²) in [5, 5.41) is 1.10. The van der Waals surface area contributed by atoms with Crippen molar-refractivity contribution in [3.05, 3.63) is 26.5 Å². The second kappa shape index (κ2) is 3.63. The van der Waals surface area contributed by atoms with E-state index in [0.29, 0.717) is 0 Å². The molecule has 2 heterocycles. The first-order valence-electron chi connectivity index (χ1n) is 5.11. The number of thiazole rings is 1. The fourth-order valence-corrected chi connectivity index (χ4v) is 4.42. The van der Waals surface area contributed by atoms with E-state index in [-0.39, 0.29) is 5.54 Å². The van der Waals surface area contributed by atoms with Gasteiger partial charge in [0.2, 0.25) is 0 Å². The van der Waals surface area contributed by atoms with Crippen molar-refractivity contribution in [3.63, 3.8) is 0 Å². The molecule has 2 nitrogen and oxygen atoms in total. The smallest absolute Gasteiger partial charge is 0.133 e. The van der Waals surface area contributed by atoms with Gasteiger partial charge in [-0.25, -0.2) is 4.98 Å². The van der Waals surface area contributed by atoms with Crippen LogP contribution in [0.25, 0.3) is 9.88 Å². The Morgan fingerprint density at radius 1 is 1.38 bits per heavy atom. The van der Waals surface area contributed by atoms with Crippen LogP contribution in [0.2, 0.25) is 0 Å². The molecule has 0 unspecified atom stereocenters. The molecule has 0 amide bonds. The molecular formula is C11H11BrN2S2. The van der Waals surface area contributed by atoms with Gasteiger partial charge in [-0.05, 0) is 47.8 Å². The number of rotatable bonds is 2. The van der Waals surface area contributed by atoms with Crippen LogP contribution in [0.4, 0.5) is 0 Å². The quantitative estimate of drug-likeness (QED) is 0.913. The molecular weight excluding hydrogens is 304 g/mol. The number of thiophene rings is 1. The molecule has 0 spiro atoms. The average molecular weight is 315 g/mol. The summed E-state index contributed by atoms with van der Waals surface area (Å²) >= 11 is 6.94. The van der Waals surface area contributed by atoms with Crippen molar-refractivity contribution < 1.29 is 0 Å². The minimum atomic E-state index is -0.0610. The number of halogens is 1. The zero-order chi connectivity index (χ0) is 11.3. The van der Waals surface area contributed by atoms with Crippen LogP contribution in [-0.4, -0.2) is 4.98 Å². The Hall–Kier alpha value is -0.230. The fourth-order valence-electron chi connectivity index (χ4n) is 1.75. The zero-order valence-electron chi connectivity index (χ0n) is 8.79. The summed E-state index contributed by atoms with van der Waals surface area (Å²) in [7, 11) is 0. The summed E-state index contributed by atoms with van der Waals surface area (Å²) in [6.07, 6.45) is 2.20. The standard InChI is InChI=1S/C11H11BrN2S2/c1-6-9(11(13)4-5-11)16-10(14-6)7-2-3-8(12)15-7/h2-3H,4-5,13H2,1H3. The van der Waals surface area contributed by atoms with E-state index in [2.05, 4.69) is 40.0 Å². The van der Waals surface area contributed by atoms with Crippen molar-refractivity contribution in [3.8, 4) is 9.88 Å². The van der Waals surface area contributed by atoms with Crippen molar-refractivity contribution in [2.75, 3.05) is 0 Å². The highest BCUT2D eigenvalue weighted by Crippen LogP contribution is 2.48. The van der Waals surface area contributed by atoms with Gasteiger partial charge < -0.3 is 5.73 Å². The molecule has 1 aliphatic carbocycles. The molecule has 16 heavy (non-hydrogen) atoms. The third kappa shape index (κ3) is 1.76. The van der Waals surface area contributed by atoms with Gasteiger partial charge in [0.25, 0.3) is 0 Å². The predicted molar refractivity (Wildman–Crippen MR) is 73.0 cm³/mol. The van der Waals surface area contributed by atoms with Gasteiger partial charge in [0, 0.05) is 4.88 Å². The normalized spacial score (nSPS) is 17.7. The van der Waals surface area contributed by atoms with E-state index < -0.39 is 0 Å². The monoisotopic (exact) mass is 314 g/mol. The molecule has 0 radical (unpaired) electrons. The molecule has 1 fully saturated rings. The summed E-state index contributed by atoms with van der Waals surface area (Å²) in [6, 6.07) is 4.17. The minimum Gasteiger partial charge on any atom is -0.321 e. The second-order valence-corrected chi connectivity index (χ2v) is 7.66. The van der Waals surface area contributed by atoms with Crippen LogP contribution >= 0.6 is 38.6 Å². The highest BCUT2D eigenvalue weighted by molar-refractivity contribution is 9.11. The maximum Gasteiger partial charge on any atom is 0.133 e. The molecule has 2 N–H and O–H groups in total. The van der Waals surface area contributed by atoms with Crippen LogP contribution in [0.5, 0.6) is 0 Å². The van der Waals surface area contributed by atoms with Crippen LogP contribution in [0.15, 0.2) is 15.9 Å². The molecule has 84 valence electrons. The van der Waals surface area contributed by atoms with Crippen LogP contribution < -0.4 is 5.73 Å². The van der Waals surface area contributed by atoms with Crippen molar-refractivity contribution in [2.24, 2.45) is 5.73 Å². The summed E-state index contributed by atoms with van der Waals surface area (Å²) in [5.74, 6) is 0.